The molecule has 0 radical (unpaired) electrons. The Morgan fingerprint density at radius 3 is 2.83 bits per heavy atom. The summed E-state index contributed by atoms with van der Waals surface area (Å²) in [7, 11) is 1.67. The van der Waals surface area contributed by atoms with Gasteiger partial charge in [-0.1, -0.05) is 12.1 Å². The molecule has 0 saturated heterocycles. The van der Waals surface area contributed by atoms with E-state index in [0.29, 0.717) is 0 Å². The van der Waals surface area contributed by atoms with Gasteiger partial charge >= 0.3 is 0 Å². The van der Waals surface area contributed by atoms with Gasteiger partial charge in [0.05, 0.1) is 18.3 Å². The van der Waals surface area contributed by atoms with E-state index in [1.807, 2.05) is 31.2 Å². The van der Waals surface area contributed by atoms with Crippen LogP contribution in [0.4, 0.5) is 0 Å². The predicted molar refractivity (Wildman–Crippen MR) is 70.4 cm³/mol. The normalized spacial score (nSPS) is 16.6. The second-order valence-electron chi connectivity index (χ2n) is 4.95. The third-order valence-electron chi connectivity index (χ3n) is 3.49. The minimum Gasteiger partial charge on any atom is -0.497 e. The molecule has 1 aromatic carbocycles. The number of imidazole rings is 1. The Morgan fingerprint density at radius 2 is 2.17 bits per heavy atom. The standard InChI is InChI=1S/C14H17N3O/c1-9-12(10-4-3-5-11(8-10)18-2)17-13(16-9)14(15)6-7-14/h3-5,8H,6-7,15H2,1-2H3,(H,16,17). The molecule has 1 aromatic heterocycles. The highest BCUT2D eigenvalue weighted by molar-refractivity contribution is 5.64. The summed E-state index contributed by atoms with van der Waals surface area (Å²) in [5.74, 6) is 1.74. The lowest BCUT2D eigenvalue weighted by Crippen LogP contribution is -2.20. The fourth-order valence-electron chi connectivity index (χ4n) is 2.12. The van der Waals surface area contributed by atoms with Gasteiger partial charge < -0.3 is 15.5 Å². The third-order valence-corrected chi connectivity index (χ3v) is 3.49. The molecule has 1 saturated carbocycles. The van der Waals surface area contributed by atoms with Crippen LogP contribution in [0.5, 0.6) is 5.75 Å². The van der Waals surface area contributed by atoms with Crippen LogP contribution in [-0.2, 0) is 5.54 Å². The summed E-state index contributed by atoms with van der Waals surface area (Å²) < 4.78 is 5.24. The van der Waals surface area contributed by atoms with E-state index in [4.69, 9.17) is 10.5 Å². The Labute approximate surface area is 106 Å². The van der Waals surface area contributed by atoms with E-state index in [1.165, 1.54) is 0 Å². The van der Waals surface area contributed by atoms with Crippen molar-refractivity contribution in [2.24, 2.45) is 5.73 Å². The number of ether oxygens (including phenoxy) is 1. The fraction of sp³-hybridized carbons (Fsp3) is 0.357. The van der Waals surface area contributed by atoms with Gasteiger partial charge in [0.15, 0.2) is 0 Å². The first-order chi connectivity index (χ1) is 8.62. The number of rotatable bonds is 3. The topological polar surface area (TPSA) is 63.9 Å². The zero-order valence-corrected chi connectivity index (χ0v) is 10.7. The summed E-state index contributed by atoms with van der Waals surface area (Å²) in [6, 6.07) is 7.92. The first-order valence-electron chi connectivity index (χ1n) is 6.13. The van der Waals surface area contributed by atoms with Gasteiger partial charge in [-0.3, -0.25) is 0 Å². The number of nitrogens with zero attached hydrogens (tertiary/aromatic N) is 1. The number of hydrogen-bond acceptors (Lipinski definition) is 3. The van der Waals surface area contributed by atoms with Gasteiger partial charge in [0.1, 0.15) is 11.6 Å². The van der Waals surface area contributed by atoms with Crippen molar-refractivity contribution in [1.29, 1.82) is 0 Å². The average molecular weight is 243 g/mol. The van der Waals surface area contributed by atoms with E-state index >= 15 is 0 Å². The number of methoxy groups -OCH3 is 1. The lowest BCUT2D eigenvalue weighted by molar-refractivity contribution is 0.415. The average Bonchev–Trinajstić information content (AvgIpc) is 3.00. The quantitative estimate of drug-likeness (QED) is 0.869. The monoisotopic (exact) mass is 243 g/mol. The smallest absolute Gasteiger partial charge is 0.127 e. The van der Waals surface area contributed by atoms with Crippen molar-refractivity contribution >= 4 is 0 Å². The van der Waals surface area contributed by atoms with Crippen LogP contribution in [0.25, 0.3) is 11.3 Å². The van der Waals surface area contributed by atoms with Crippen molar-refractivity contribution in [1.82, 2.24) is 9.97 Å². The number of H-pyrrole nitrogens is 1. The van der Waals surface area contributed by atoms with Crippen molar-refractivity contribution in [3.63, 3.8) is 0 Å². The van der Waals surface area contributed by atoms with Crippen LogP contribution in [0.1, 0.15) is 24.4 Å². The molecule has 18 heavy (non-hydrogen) atoms. The van der Waals surface area contributed by atoms with Gasteiger partial charge in [-0.05, 0) is 31.9 Å². The molecule has 94 valence electrons. The zero-order valence-electron chi connectivity index (χ0n) is 10.7. The van der Waals surface area contributed by atoms with Crippen molar-refractivity contribution < 1.29 is 4.74 Å². The maximum Gasteiger partial charge on any atom is 0.127 e. The number of aromatic amines is 1. The second-order valence-corrected chi connectivity index (χ2v) is 4.95. The second kappa shape index (κ2) is 3.85. The van der Waals surface area contributed by atoms with Gasteiger partial charge in [-0.15, -0.1) is 0 Å². The van der Waals surface area contributed by atoms with E-state index in [-0.39, 0.29) is 5.54 Å². The van der Waals surface area contributed by atoms with Crippen LogP contribution in [-0.4, -0.2) is 17.1 Å². The Hall–Kier alpha value is -1.81. The summed E-state index contributed by atoms with van der Waals surface area (Å²) in [5, 5.41) is 0. The third kappa shape index (κ3) is 1.78. The molecule has 2 aromatic rings. The number of benzene rings is 1. The van der Waals surface area contributed by atoms with Crippen LogP contribution in [0, 0.1) is 6.92 Å². The molecule has 1 aliphatic carbocycles. The van der Waals surface area contributed by atoms with Crippen LogP contribution in [0.3, 0.4) is 0 Å². The molecule has 0 atom stereocenters. The molecule has 0 aliphatic heterocycles. The number of aromatic nitrogens is 2. The fourth-order valence-corrected chi connectivity index (χ4v) is 2.12. The van der Waals surface area contributed by atoms with Crippen LogP contribution < -0.4 is 10.5 Å². The first-order valence-corrected chi connectivity index (χ1v) is 6.13. The number of nitrogens with two attached hydrogens (primary N) is 1. The number of aryl methyl sites for hydroxylation is 1. The molecule has 1 heterocycles. The van der Waals surface area contributed by atoms with Gasteiger partial charge in [0, 0.05) is 11.3 Å². The maximum atomic E-state index is 6.17. The molecule has 0 bridgehead atoms. The minimum atomic E-state index is -0.220. The SMILES string of the molecule is COc1cccc(-c2nc(C3(N)CC3)[nH]c2C)c1. The van der Waals surface area contributed by atoms with Crippen LogP contribution in [0.2, 0.25) is 0 Å². The van der Waals surface area contributed by atoms with Crippen LogP contribution in [0.15, 0.2) is 24.3 Å². The van der Waals surface area contributed by atoms with Crippen molar-refractivity contribution in [2.45, 2.75) is 25.3 Å². The Morgan fingerprint density at radius 1 is 1.39 bits per heavy atom. The highest BCUT2D eigenvalue weighted by Gasteiger charge is 2.43. The van der Waals surface area contributed by atoms with Gasteiger partial charge in [-0.2, -0.15) is 0 Å². The van der Waals surface area contributed by atoms with E-state index < -0.39 is 0 Å². The van der Waals surface area contributed by atoms with Gasteiger partial charge in [-0.25, -0.2) is 4.98 Å². The zero-order chi connectivity index (χ0) is 12.8. The maximum absolute atomic E-state index is 6.17. The molecule has 0 unspecified atom stereocenters. The summed E-state index contributed by atoms with van der Waals surface area (Å²) in [5.41, 5.74) is 9.01. The van der Waals surface area contributed by atoms with Crippen LogP contribution >= 0.6 is 0 Å². The van der Waals surface area contributed by atoms with E-state index in [9.17, 15) is 0 Å². The van der Waals surface area contributed by atoms with Crippen molar-refractivity contribution in [3.8, 4) is 17.0 Å². The molecule has 0 amide bonds. The van der Waals surface area contributed by atoms with E-state index in [1.54, 1.807) is 7.11 Å². The molecular weight excluding hydrogens is 226 g/mol. The molecule has 3 N–H and O–H groups in total. The van der Waals surface area contributed by atoms with Gasteiger partial charge in [0.25, 0.3) is 0 Å². The molecule has 1 aliphatic rings. The summed E-state index contributed by atoms with van der Waals surface area (Å²) in [4.78, 5) is 7.96. The highest BCUT2D eigenvalue weighted by Crippen LogP contribution is 2.42. The molecule has 4 nitrogen and oxygen atoms in total. The Bertz CT molecular complexity index is 584. The first kappa shape index (κ1) is 11.3. The minimum absolute atomic E-state index is 0.220. The van der Waals surface area contributed by atoms with Gasteiger partial charge in [0.2, 0.25) is 0 Å². The predicted octanol–water partition coefficient (Wildman–Crippen LogP) is 2.34. The van der Waals surface area contributed by atoms with E-state index in [2.05, 4.69) is 9.97 Å². The number of nitrogens with one attached hydrogen (secondary N) is 1. The summed E-state index contributed by atoms with van der Waals surface area (Å²) in [6.45, 7) is 2.02. The molecule has 1 fully saturated rings. The Balaban J connectivity index is 2.03. The molecule has 3 rings (SSSR count). The Kier molecular flexibility index (Phi) is 2.41. The van der Waals surface area contributed by atoms with Crippen molar-refractivity contribution in [3.05, 3.63) is 35.8 Å². The summed E-state index contributed by atoms with van der Waals surface area (Å²) >= 11 is 0. The summed E-state index contributed by atoms with van der Waals surface area (Å²) in [6.07, 6.45) is 2.02. The molecule has 4 heteroatoms. The van der Waals surface area contributed by atoms with Crippen molar-refractivity contribution in [2.75, 3.05) is 7.11 Å². The largest absolute Gasteiger partial charge is 0.497 e. The molecular formula is C14H17N3O. The lowest BCUT2D eigenvalue weighted by atomic mass is 10.1. The lowest BCUT2D eigenvalue weighted by Gasteiger charge is -2.03. The number of hydrogen-bond donors (Lipinski definition) is 2. The highest BCUT2D eigenvalue weighted by atomic mass is 16.5. The van der Waals surface area contributed by atoms with E-state index in [0.717, 1.165) is 41.4 Å². The molecule has 0 spiro atoms.